The number of carbonyl (C=O) groups is 1. The molecule has 0 saturated carbocycles. The number of likely N-dealkylation sites (tertiary alicyclic amines) is 2. The summed E-state index contributed by atoms with van der Waals surface area (Å²) in [5.41, 5.74) is 3.49. The summed E-state index contributed by atoms with van der Waals surface area (Å²) >= 11 is 0. The first kappa shape index (κ1) is 22.5. The third-order valence-electron chi connectivity index (χ3n) is 7.38. The third-order valence-corrected chi connectivity index (χ3v) is 7.38. The van der Waals surface area contributed by atoms with Crippen LogP contribution in [-0.2, 0) is 11.2 Å². The lowest BCUT2D eigenvalue weighted by Crippen LogP contribution is -2.61. The molecule has 4 heterocycles. The van der Waals surface area contributed by atoms with Crippen molar-refractivity contribution in [1.29, 1.82) is 0 Å². The summed E-state index contributed by atoms with van der Waals surface area (Å²) in [6.07, 6.45) is 7.70. The van der Waals surface area contributed by atoms with Gasteiger partial charge in [0, 0.05) is 55.9 Å². The van der Waals surface area contributed by atoms with Crippen molar-refractivity contribution in [2.75, 3.05) is 33.3 Å². The van der Waals surface area contributed by atoms with Crippen LogP contribution in [0.15, 0.2) is 61.1 Å². The highest BCUT2D eigenvalue weighted by molar-refractivity contribution is 5.78. The Morgan fingerprint density at radius 2 is 1.74 bits per heavy atom. The molecule has 1 spiro atoms. The van der Waals surface area contributed by atoms with E-state index in [1.807, 2.05) is 23.1 Å². The topological polar surface area (TPSA) is 71.5 Å². The lowest BCUT2D eigenvalue weighted by molar-refractivity contribution is -0.136. The molecule has 5 rings (SSSR count). The molecule has 2 aliphatic heterocycles. The fourth-order valence-corrected chi connectivity index (χ4v) is 5.11. The predicted octanol–water partition coefficient (Wildman–Crippen LogP) is 3.78. The standard InChI is InChI=1S/C27H31N5O2/c1-20(21-4-6-22(7-5-21)26-28-12-3-13-29-26)32-18-27(19-32)10-14-31(15-11-27)25(33)16-23-8-9-24(34-2)17-30-23/h3-9,12-13,17,20H,10-11,14-16,18-19H2,1-2H3/t20-/m0/s1. The number of piperidine rings is 1. The molecule has 34 heavy (non-hydrogen) atoms. The molecule has 7 nitrogen and oxygen atoms in total. The minimum absolute atomic E-state index is 0.166. The van der Waals surface area contributed by atoms with Crippen molar-refractivity contribution < 1.29 is 9.53 Å². The summed E-state index contributed by atoms with van der Waals surface area (Å²) in [5.74, 6) is 1.63. The van der Waals surface area contributed by atoms with Gasteiger partial charge in [-0.3, -0.25) is 14.7 Å². The summed E-state index contributed by atoms with van der Waals surface area (Å²) in [7, 11) is 1.62. The first-order chi connectivity index (χ1) is 16.5. The molecule has 0 unspecified atom stereocenters. The molecule has 2 aromatic heterocycles. The van der Waals surface area contributed by atoms with Crippen molar-refractivity contribution in [3.05, 3.63) is 72.3 Å². The number of hydrogen-bond donors (Lipinski definition) is 0. The number of benzene rings is 1. The van der Waals surface area contributed by atoms with Crippen molar-refractivity contribution >= 4 is 5.91 Å². The molecule has 0 N–H and O–H groups in total. The minimum Gasteiger partial charge on any atom is -0.495 e. The molecule has 7 heteroatoms. The Bertz CT molecular complexity index is 1100. The molecule has 1 aromatic carbocycles. The molecule has 0 bridgehead atoms. The van der Waals surface area contributed by atoms with Crippen molar-refractivity contribution in [3.63, 3.8) is 0 Å². The van der Waals surface area contributed by atoms with Gasteiger partial charge >= 0.3 is 0 Å². The van der Waals surface area contributed by atoms with Crippen LogP contribution in [0.5, 0.6) is 5.75 Å². The zero-order valence-electron chi connectivity index (χ0n) is 19.9. The van der Waals surface area contributed by atoms with E-state index in [0.29, 0.717) is 23.6 Å². The molecule has 0 radical (unpaired) electrons. The van der Waals surface area contributed by atoms with Crippen molar-refractivity contribution in [2.24, 2.45) is 5.41 Å². The van der Waals surface area contributed by atoms with E-state index in [2.05, 4.69) is 51.0 Å². The highest BCUT2D eigenvalue weighted by Crippen LogP contribution is 2.44. The van der Waals surface area contributed by atoms with Crippen LogP contribution in [0.3, 0.4) is 0 Å². The third kappa shape index (κ3) is 4.66. The molecule has 176 valence electrons. The van der Waals surface area contributed by atoms with Gasteiger partial charge in [0.05, 0.1) is 19.7 Å². The van der Waals surface area contributed by atoms with E-state index in [9.17, 15) is 4.79 Å². The van der Waals surface area contributed by atoms with E-state index in [1.165, 1.54) is 5.56 Å². The van der Waals surface area contributed by atoms with Crippen LogP contribution in [0.25, 0.3) is 11.4 Å². The predicted molar refractivity (Wildman–Crippen MR) is 130 cm³/mol. The second-order valence-corrected chi connectivity index (χ2v) is 9.52. The highest BCUT2D eigenvalue weighted by Gasteiger charge is 2.46. The second kappa shape index (κ2) is 9.50. The maximum absolute atomic E-state index is 12.8. The fourth-order valence-electron chi connectivity index (χ4n) is 5.11. The number of methoxy groups -OCH3 is 1. The van der Waals surface area contributed by atoms with Crippen molar-refractivity contribution in [2.45, 2.75) is 32.2 Å². The van der Waals surface area contributed by atoms with Crippen LogP contribution >= 0.6 is 0 Å². The highest BCUT2D eigenvalue weighted by atomic mass is 16.5. The zero-order valence-corrected chi connectivity index (χ0v) is 19.9. The molecule has 1 atom stereocenters. The summed E-state index contributed by atoms with van der Waals surface area (Å²) in [6.45, 7) is 6.15. The molecular weight excluding hydrogens is 426 g/mol. The van der Waals surface area contributed by atoms with E-state index in [0.717, 1.165) is 56.1 Å². The molecule has 2 aliphatic rings. The number of rotatable bonds is 6. The Hall–Kier alpha value is -3.32. The lowest BCUT2D eigenvalue weighted by atomic mass is 9.71. The summed E-state index contributed by atoms with van der Waals surface area (Å²) in [6, 6.07) is 14.5. The van der Waals surface area contributed by atoms with Crippen molar-refractivity contribution in [1.82, 2.24) is 24.8 Å². The average molecular weight is 458 g/mol. The van der Waals surface area contributed by atoms with Crippen LogP contribution in [0, 0.1) is 5.41 Å². The summed E-state index contributed by atoms with van der Waals surface area (Å²) in [5, 5.41) is 0. The van der Waals surface area contributed by atoms with Crippen LogP contribution in [0.2, 0.25) is 0 Å². The first-order valence-corrected chi connectivity index (χ1v) is 11.9. The Kier molecular flexibility index (Phi) is 6.28. The molecule has 2 saturated heterocycles. The zero-order chi connectivity index (χ0) is 23.5. The van der Waals surface area contributed by atoms with E-state index in [1.54, 1.807) is 25.7 Å². The van der Waals surface area contributed by atoms with Gasteiger partial charge in [-0.2, -0.15) is 0 Å². The molecule has 0 aliphatic carbocycles. The van der Waals surface area contributed by atoms with Gasteiger partial charge in [0.2, 0.25) is 5.91 Å². The quantitative estimate of drug-likeness (QED) is 0.561. The van der Waals surface area contributed by atoms with E-state index in [-0.39, 0.29) is 5.91 Å². The Labute approximate surface area is 200 Å². The van der Waals surface area contributed by atoms with E-state index < -0.39 is 0 Å². The number of aromatic nitrogens is 3. The number of nitrogens with zero attached hydrogens (tertiary/aromatic N) is 5. The average Bonchev–Trinajstić information content (AvgIpc) is 2.88. The fraction of sp³-hybridized carbons (Fsp3) is 0.407. The smallest absolute Gasteiger partial charge is 0.228 e. The Balaban J connectivity index is 1.11. The molecule has 1 amide bonds. The van der Waals surface area contributed by atoms with Gasteiger partial charge in [-0.05, 0) is 48.9 Å². The Morgan fingerprint density at radius 1 is 1.03 bits per heavy atom. The largest absolute Gasteiger partial charge is 0.495 e. The van der Waals surface area contributed by atoms with Crippen LogP contribution in [0.1, 0.15) is 37.1 Å². The van der Waals surface area contributed by atoms with Crippen molar-refractivity contribution in [3.8, 4) is 17.1 Å². The van der Waals surface area contributed by atoms with Gasteiger partial charge in [-0.1, -0.05) is 24.3 Å². The van der Waals surface area contributed by atoms with Gasteiger partial charge in [-0.25, -0.2) is 9.97 Å². The second-order valence-electron chi connectivity index (χ2n) is 9.52. The SMILES string of the molecule is COc1ccc(CC(=O)N2CCC3(CC2)CN([C@@H](C)c2ccc(-c4ncccn4)cc2)C3)nc1. The number of hydrogen-bond acceptors (Lipinski definition) is 6. The summed E-state index contributed by atoms with van der Waals surface area (Å²) in [4.78, 5) is 30.3. The molecular formula is C27H31N5O2. The first-order valence-electron chi connectivity index (χ1n) is 11.9. The maximum Gasteiger partial charge on any atom is 0.228 e. The minimum atomic E-state index is 0.166. The number of carbonyl (C=O) groups excluding carboxylic acids is 1. The van der Waals surface area contributed by atoms with Gasteiger partial charge < -0.3 is 9.64 Å². The number of ether oxygens (including phenoxy) is 1. The van der Waals surface area contributed by atoms with Crippen LogP contribution < -0.4 is 4.74 Å². The molecule has 2 fully saturated rings. The van der Waals surface area contributed by atoms with Gasteiger partial charge in [-0.15, -0.1) is 0 Å². The summed E-state index contributed by atoms with van der Waals surface area (Å²) < 4.78 is 5.14. The Morgan fingerprint density at radius 3 is 2.35 bits per heavy atom. The number of amides is 1. The van der Waals surface area contributed by atoms with Gasteiger partial charge in [0.25, 0.3) is 0 Å². The lowest BCUT2D eigenvalue weighted by Gasteiger charge is -2.56. The monoisotopic (exact) mass is 457 g/mol. The molecule has 3 aromatic rings. The number of pyridine rings is 1. The van der Waals surface area contributed by atoms with Gasteiger partial charge in [0.1, 0.15) is 5.75 Å². The maximum atomic E-state index is 12.8. The van der Waals surface area contributed by atoms with E-state index in [4.69, 9.17) is 4.74 Å². The van der Waals surface area contributed by atoms with Gasteiger partial charge in [0.15, 0.2) is 5.82 Å². The van der Waals surface area contributed by atoms with E-state index >= 15 is 0 Å². The normalized spacial score (nSPS) is 18.4. The van der Waals surface area contributed by atoms with Crippen LogP contribution in [0.4, 0.5) is 0 Å². The van der Waals surface area contributed by atoms with Crippen LogP contribution in [-0.4, -0.2) is 63.9 Å².